The second kappa shape index (κ2) is 12.5. The topological polar surface area (TPSA) is 127 Å². The Kier molecular flexibility index (Phi) is 9.72. The van der Waals surface area contributed by atoms with E-state index in [0.717, 1.165) is 31.8 Å². The number of carbonyl (C=O) groups excluding carboxylic acids is 4. The van der Waals surface area contributed by atoms with Gasteiger partial charge in [-0.05, 0) is 62.7 Å². The molecule has 0 bridgehead atoms. The molecule has 0 aromatic rings. The number of ketones is 2. The first-order valence-electron chi connectivity index (χ1n) is 15.8. The van der Waals surface area contributed by atoms with Crippen molar-refractivity contribution in [2.75, 3.05) is 6.61 Å². The molecule has 43 heavy (non-hydrogen) atoms. The van der Waals surface area contributed by atoms with Crippen molar-refractivity contribution in [1.82, 2.24) is 0 Å². The van der Waals surface area contributed by atoms with Gasteiger partial charge in [0.15, 0.2) is 18.1 Å². The molecule has 4 aliphatic rings. The van der Waals surface area contributed by atoms with Crippen LogP contribution in [0.15, 0.2) is 23.8 Å². The Labute approximate surface area is 252 Å². The number of Topliss-reactive ketones (excluding diaryl/α,β-unsaturated/α-hetero) is 1. The lowest BCUT2D eigenvalue weighted by Gasteiger charge is -2.63. The van der Waals surface area contributed by atoms with E-state index in [0.29, 0.717) is 12.8 Å². The zero-order valence-corrected chi connectivity index (χ0v) is 25.7. The lowest BCUT2D eigenvalue weighted by molar-refractivity contribution is -0.235. The standard InChI is InChI=1S/C33H46F2O8/c1-5-7-9-10-12-29(41)43-33(27(39)19-42-28(40)11-8-6-2)25(37)17-21-22-16-24(34)23-15-20(36)13-14-30(23,3)32(22,35)26(38)18-31(21,33)4/h13-15,21-22,24-26,37-38H,5-12,16-19H2,1-4H3. The summed E-state index contributed by atoms with van der Waals surface area (Å²) in [5.41, 5.74) is -7.87. The second-order valence-corrected chi connectivity index (χ2v) is 13.3. The van der Waals surface area contributed by atoms with E-state index in [9.17, 15) is 29.4 Å². The Hall–Kier alpha value is -2.46. The third-order valence-corrected chi connectivity index (χ3v) is 10.8. The van der Waals surface area contributed by atoms with Crippen LogP contribution in [0.5, 0.6) is 0 Å². The van der Waals surface area contributed by atoms with Crippen LogP contribution in [0.1, 0.15) is 98.3 Å². The zero-order chi connectivity index (χ0) is 31.8. The van der Waals surface area contributed by atoms with Crippen LogP contribution in [-0.4, -0.2) is 70.0 Å². The van der Waals surface area contributed by atoms with Gasteiger partial charge in [-0.1, -0.05) is 52.5 Å². The molecule has 0 amide bonds. The average molecular weight is 609 g/mol. The van der Waals surface area contributed by atoms with Crippen LogP contribution in [0.4, 0.5) is 8.78 Å². The third kappa shape index (κ3) is 5.30. The maximum atomic E-state index is 17.5. The Morgan fingerprint density at radius 2 is 1.63 bits per heavy atom. The van der Waals surface area contributed by atoms with Crippen LogP contribution in [0, 0.1) is 22.7 Å². The summed E-state index contributed by atoms with van der Waals surface area (Å²) >= 11 is 0. The first-order valence-corrected chi connectivity index (χ1v) is 15.8. The van der Waals surface area contributed by atoms with Crippen molar-refractivity contribution in [3.63, 3.8) is 0 Å². The third-order valence-electron chi connectivity index (χ3n) is 10.8. The average Bonchev–Trinajstić information content (AvgIpc) is 3.17. The lowest BCUT2D eigenvalue weighted by atomic mass is 9.44. The molecule has 0 aliphatic heterocycles. The van der Waals surface area contributed by atoms with E-state index >= 15 is 8.78 Å². The number of ether oxygens (including phenoxy) is 2. The fourth-order valence-corrected chi connectivity index (χ4v) is 8.52. The number of rotatable bonds is 12. The second-order valence-electron chi connectivity index (χ2n) is 13.3. The van der Waals surface area contributed by atoms with E-state index in [4.69, 9.17) is 9.47 Å². The van der Waals surface area contributed by atoms with Crippen LogP contribution < -0.4 is 0 Å². The maximum Gasteiger partial charge on any atom is 0.306 e. The van der Waals surface area contributed by atoms with Gasteiger partial charge in [0.2, 0.25) is 11.4 Å². The molecule has 0 radical (unpaired) electrons. The molecular weight excluding hydrogens is 562 g/mol. The van der Waals surface area contributed by atoms with Crippen LogP contribution in [0.2, 0.25) is 0 Å². The number of fused-ring (bicyclic) bond motifs is 5. The van der Waals surface area contributed by atoms with Crippen molar-refractivity contribution in [3.8, 4) is 0 Å². The SMILES string of the molecule is CCCCCCC(=O)OC1(C(=O)COC(=O)CCCC)C(O)CC2C3CC(F)C4=CC(=O)C=CC4(C)C3(F)C(O)CC21C. The summed E-state index contributed by atoms with van der Waals surface area (Å²) in [6.45, 7) is 6.18. The molecule has 0 spiro atoms. The van der Waals surface area contributed by atoms with Crippen molar-refractivity contribution >= 4 is 23.5 Å². The van der Waals surface area contributed by atoms with Crippen molar-refractivity contribution < 1.29 is 47.6 Å². The van der Waals surface area contributed by atoms with Gasteiger partial charge in [-0.3, -0.25) is 19.2 Å². The summed E-state index contributed by atoms with van der Waals surface area (Å²) in [6.07, 6.45) is 2.01. The molecule has 10 heteroatoms. The number of aliphatic hydroxyl groups is 2. The van der Waals surface area contributed by atoms with Crippen LogP contribution in [0.25, 0.3) is 0 Å². The molecule has 2 N–H and O–H groups in total. The molecule has 0 aromatic heterocycles. The number of unbranched alkanes of at least 4 members (excludes halogenated alkanes) is 4. The van der Waals surface area contributed by atoms with E-state index in [1.54, 1.807) is 6.92 Å². The molecule has 4 aliphatic carbocycles. The highest BCUT2D eigenvalue weighted by molar-refractivity contribution is 6.01. The predicted molar refractivity (Wildman–Crippen MR) is 153 cm³/mol. The van der Waals surface area contributed by atoms with Crippen molar-refractivity contribution in [1.29, 1.82) is 0 Å². The van der Waals surface area contributed by atoms with Gasteiger partial charge in [-0.15, -0.1) is 0 Å². The van der Waals surface area contributed by atoms with Crippen molar-refractivity contribution in [3.05, 3.63) is 23.8 Å². The largest absolute Gasteiger partial charge is 0.457 e. The van der Waals surface area contributed by atoms with Gasteiger partial charge in [-0.25, -0.2) is 8.78 Å². The molecule has 240 valence electrons. The first kappa shape index (κ1) is 33.4. The van der Waals surface area contributed by atoms with Gasteiger partial charge < -0.3 is 19.7 Å². The smallest absolute Gasteiger partial charge is 0.306 e. The summed E-state index contributed by atoms with van der Waals surface area (Å²) in [4.78, 5) is 51.7. The number of alkyl halides is 2. The Balaban J connectivity index is 1.73. The first-order chi connectivity index (χ1) is 20.2. The predicted octanol–water partition coefficient (Wildman–Crippen LogP) is 4.83. The van der Waals surface area contributed by atoms with E-state index in [-0.39, 0.29) is 37.7 Å². The minimum absolute atomic E-state index is 0.0184. The quantitative estimate of drug-likeness (QED) is 0.238. The highest BCUT2D eigenvalue weighted by Crippen LogP contribution is 2.70. The molecule has 9 unspecified atom stereocenters. The zero-order valence-electron chi connectivity index (χ0n) is 25.7. The molecule has 4 rings (SSSR count). The molecule has 3 fully saturated rings. The number of esters is 2. The molecule has 0 saturated heterocycles. The summed E-state index contributed by atoms with van der Waals surface area (Å²) < 4.78 is 44.5. The normalized spacial score (nSPS) is 39.8. The number of carbonyl (C=O) groups is 4. The Bertz CT molecular complexity index is 1180. The van der Waals surface area contributed by atoms with Gasteiger partial charge in [0.05, 0.1) is 6.10 Å². The fraction of sp³-hybridized carbons (Fsp3) is 0.758. The summed E-state index contributed by atoms with van der Waals surface area (Å²) in [5.74, 6) is -4.73. The number of aliphatic hydroxyl groups excluding tert-OH is 2. The minimum Gasteiger partial charge on any atom is -0.457 e. The molecule has 3 saturated carbocycles. The lowest BCUT2D eigenvalue weighted by Crippen LogP contribution is -2.71. The Morgan fingerprint density at radius 1 is 0.953 bits per heavy atom. The highest BCUT2D eigenvalue weighted by atomic mass is 19.1. The van der Waals surface area contributed by atoms with Crippen molar-refractivity contribution in [2.45, 2.75) is 128 Å². The van der Waals surface area contributed by atoms with E-state index < -0.39 is 82.4 Å². The maximum absolute atomic E-state index is 17.5. The van der Waals surface area contributed by atoms with Gasteiger partial charge in [0, 0.05) is 29.6 Å². The summed E-state index contributed by atoms with van der Waals surface area (Å²) in [5, 5.41) is 23.2. The summed E-state index contributed by atoms with van der Waals surface area (Å²) in [7, 11) is 0. The van der Waals surface area contributed by atoms with Gasteiger partial charge in [0.25, 0.3) is 0 Å². The molecular formula is C33H46F2O8. The van der Waals surface area contributed by atoms with Crippen molar-refractivity contribution in [2.24, 2.45) is 22.7 Å². The molecule has 0 heterocycles. The highest BCUT2D eigenvalue weighted by Gasteiger charge is 2.78. The van der Waals surface area contributed by atoms with Gasteiger partial charge in [0.1, 0.15) is 12.3 Å². The minimum atomic E-state index is -2.43. The van der Waals surface area contributed by atoms with E-state index in [2.05, 4.69) is 0 Å². The number of allylic oxidation sites excluding steroid dienone is 4. The number of halogens is 2. The van der Waals surface area contributed by atoms with E-state index in [1.807, 2.05) is 13.8 Å². The van der Waals surface area contributed by atoms with Crippen LogP contribution in [-0.2, 0) is 28.7 Å². The van der Waals surface area contributed by atoms with Crippen LogP contribution in [0.3, 0.4) is 0 Å². The van der Waals surface area contributed by atoms with Gasteiger partial charge >= 0.3 is 11.9 Å². The van der Waals surface area contributed by atoms with E-state index in [1.165, 1.54) is 19.1 Å². The molecule has 8 nitrogen and oxygen atoms in total. The fourth-order valence-electron chi connectivity index (χ4n) is 8.52. The molecule has 0 aromatic carbocycles. The number of hydrogen-bond acceptors (Lipinski definition) is 8. The van der Waals surface area contributed by atoms with Crippen LogP contribution >= 0.6 is 0 Å². The monoisotopic (exact) mass is 608 g/mol. The van der Waals surface area contributed by atoms with Gasteiger partial charge in [-0.2, -0.15) is 0 Å². The summed E-state index contributed by atoms with van der Waals surface area (Å²) in [6, 6.07) is 0. The number of hydrogen-bond donors (Lipinski definition) is 2. The Morgan fingerprint density at radius 3 is 2.30 bits per heavy atom. The molecule has 9 atom stereocenters.